The third-order valence-corrected chi connectivity index (χ3v) is 6.52. The van der Waals surface area contributed by atoms with E-state index in [0.717, 1.165) is 61.0 Å². The highest BCUT2D eigenvalue weighted by Gasteiger charge is 2.20. The number of amides is 1. The summed E-state index contributed by atoms with van der Waals surface area (Å²) in [5.74, 6) is 1.07. The third kappa shape index (κ3) is 5.05. The lowest BCUT2D eigenvalue weighted by molar-refractivity contribution is 0.144. The standard InChI is InChI=1S/C25H33N9O2/c1-17(2)34-16-28-19-7-6-18(14-20(19)34)8-9-27-25(35)36-13-4-3-10-33-15-29-21-22(26)30-24(31-23(21)33)32-11-5-12-32/h6-7,14-17H,3-5,8-13H2,1-2H3,(H,27,35)(H2,26,30,31). The second-order valence-electron chi connectivity index (χ2n) is 9.45. The molecule has 11 heteroatoms. The van der Waals surface area contributed by atoms with Crippen LogP contribution in [0, 0.1) is 0 Å². The predicted octanol–water partition coefficient (Wildman–Crippen LogP) is 3.30. The Labute approximate surface area is 209 Å². The van der Waals surface area contributed by atoms with Gasteiger partial charge in [-0.2, -0.15) is 9.97 Å². The van der Waals surface area contributed by atoms with Crippen LogP contribution in [0.1, 0.15) is 44.7 Å². The van der Waals surface area contributed by atoms with Crippen LogP contribution in [0.2, 0.25) is 0 Å². The molecule has 0 radical (unpaired) electrons. The molecule has 0 atom stereocenters. The lowest BCUT2D eigenvalue weighted by Gasteiger charge is -2.30. The molecule has 0 saturated carbocycles. The average Bonchev–Trinajstić information content (AvgIpc) is 3.42. The molecule has 3 N–H and O–H groups in total. The van der Waals surface area contributed by atoms with Crippen LogP contribution in [-0.2, 0) is 17.7 Å². The number of aromatic nitrogens is 6. The van der Waals surface area contributed by atoms with Gasteiger partial charge in [-0.15, -0.1) is 0 Å². The van der Waals surface area contributed by atoms with E-state index in [-0.39, 0.29) is 0 Å². The van der Waals surface area contributed by atoms with E-state index in [0.29, 0.717) is 43.0 Å². The van der Waals surface area contributed by atoms with Gasteiger partial charge in [0, 0.05) is 32.2 Å². The quantitative estimate of drug-likeness (QED) is 0.323. The van der Waals surface area contributed by atoms with E-state index >= 15 is 0 Å². The molecular formula is C25H33N9O2. The van der Waals surface area contributed by atoms with Crippen LogP contribution in [-0.4, -0.2) is 61.4 Å². The number of fused-ring (bicyclic) bond motifs is 2. The number of nitrogens with one attached hydrogen (secondary N) is 1. The monoisotopic (exact) mass is 491 g/mol. The topological polar surface area (TPSA) is 129 Å². The maximum Gasteiger partial charge on any atom is 0.407 e. The molecular weight excluding hydrogens is 458 g/mol. The molecule has 4 heterocycles. The Hall–Kier alpha value is -3.89. The van der Waals surface area contributed by atoms with Crippen LogP contribution in [0.4, 0.5) is 16.6 Å². The first-order chi connectivity index (χ1) is 17.5. The van der Waals surface area contributed by atoms with Gasteiger partial charge in [0.2, 0.25) is 5.95 Å². The zero-order valence-electron chi connectivity index (χ0n) is 20.9. The number of hydrogen-bond donors (Lipinski definition) is 2. The Morgan fingerprint density at radius 3 is 2.81 bits per heavy atom. The summed E-state index contributed by atoms with van der Waals surface area (Å²) in [5, 5.41) is 2.84. The van der Waals surface area contributed by atoms with Crippen molar-refractivity contribution in [2.75, 3.05) is 36.9 Å². The minimum Gasteiger partial charge on any atom is -0.450 e. The Kier molecular flexibility index (Phi) is 6.88. The van der Waals surface area contributed by atoms with E-state index in [4.69, 9.17) is 10.5 Å². The van der Waals surface area contributed by atoms with E-state index in [1.807, 2.05) is 17.0 Å². The van der Waals surface area contributed by atoms with E-state index in [1.54, 1.807) is 6.33 Å². The van der Waals surface area contributed by atoms with E-state index in [2.05, 4.69) is 60.7 Å². The fourth-order valence-electron chi connectivity index (χ4n) is 4.32. The maximum absolute atomic E-state index is 12.1. The van der Waals surface area contributed by atoms with Gasteiger partial charge in [0.1, 0.15) is 5.52 Å². The molecule has 0 spiro atoms. The van der Waals surface area contributed by atoms with Crippen LogP contribution in [0.3, 0.4) is 0 Å². The number of aryl methyl sites for hydroxylation is 1. The number of ether oxygens (including phenoxy) is 1. The Balaban J connectivity index is 1.04. The number of anilines is 2. The number of carbonyl (C=O) groups is 1. The first kappa shape index (κ1) is 23.8. The minimum atomic E-state index is -0.393. The lowest BCUT2D eigenvalue weighted by atomic mass is 10.1. The highest BCUT2D eigenvalue weighted by Crippen LogP contribution is 2.23. The summed E-state index contributed by atoms with van der Waals surface area (Å²) in [6, 6.07) is 6.57. The van der Waals surface area contributed by atoms with Crippen LogP contribution in [0.5, 0.6) is 0 Å². The molecule has 190 valence electrons. The number of alkyl carbamates (subject to hydrolysis) is 1. The van der Waals surface area contributed by atoms with Gasteiger partial charge in [0.15, 0.2) is 11.5 Å². The number of nitrogens with two attached hydrogens (primary N) is 1. The molecule has 1 aromatic carbocycles. The van der Waals surface area contributed by atoms with Crippen molar-refractivity contribution in [1.29, 1.82) is 0 Å². The van der Waals surface area contributed by atoms with Crippen molar-refractivity contribution in [2.45, 2.75) is 52.1 Å². The molecule has 1 amide bonds. The molecule has 1 fully saturated rings. The predicted molar refractivity (Wildman–Crippen MR) is 139 cm³/mol. The molecule has 11 nitrogen and oxygen atoms in total. The number of benzene rings is 1. The molecule has 0 bridgehead atoms. The van der Waals surface area contributed by atoms with Crippen LogP contribution in [0.25, 0.3) is 22.2 Å². The van der Waals surface area contributed by atoms with Crippen molar-refractivity contribution >= 4 is 40.1 Å². The smallest absolute Gasteiger partial charge is 0.407 e. The Morgan fingerprint density at radius 1 is 1.17 bits per heavy atom. The summed E-state index contributed by atoms with van der Waals surface area (Å²) in [5.41, 5.74) is 10.7. The first-order valence-corrected chi connectivity index (χ1v) is 12.6. The summed E-state index contributed by atoms with van der Waals surface area (Å²) < 4.78 is 9.48. The van der Waals surface area contributed by atoms with Crippen LogP contribution in [0.15, 0.2) is 30.9 Å². The molecule has 1 saturated heterocycles. The van der Waals surface area contributed by atoms with Gasteiger partial charge in [0.05, 0.1) is 30.3 Å². The van der Waals surface area contributed by atoms with Gasteiger partial charge in [-0.3, -0.25) is 0 Å². The number of nitrogen functional groups attached to an aromatic ring is 1. The lowest BCUT2D eigenvalue weighted by Crippen LogP contribution is -2.38. The average molecular weight is 492 g/mol. The summed E-state index contributed by atoms with van der Waals surface area (Å²) in [4.78, 5) is 32.1. The second kappa shape index (κ2) is 10.4. The number of carbonyl (C=O) groups excluding carboxylic acids is 1. The highest BCUT2D eigenvalue weighted by molar-refractivity contribution is 5.83. The molecule has 3 aromatic heterocycles. The van der Waals surface area contributed by atoms with Crippen molar-refractivity contribution < 1.29 is 9.53 Å². The summed E-state index contributed by atoms with van der Waals surface area (Å²) in [6.07, 6.45) is 6.66. The Morgan fingerprint density at radius 2 is 2.03 bits per heavy atom. The van der Waals surface area contributed by atoms with Gasteiger partial charge in [-0.25, -0.2) is 14.8 Å². The normalized spacial score (nSPS) is 13.5. The van der Waals surface area contributed by atoms with Gasteiger partial charge in [0.25, 0.3) is 0 Å². The Bertz CT molecular complexity index is 1360. The molecule has 0 aliphatic carbocycles. The van der Waals surface area contributed by atoms with Crippen molar-refractivity contribution in [3.8, 4) is 0 Å². The number of unbranched alkanes of at least 4 members (excludes halogenated alkanes) is 1. The highest BCUT2D eigenvalue weighted by atomic mass is 16.5. The number of rotatable bonds is 10. The molecule has 36 heavy (non-hydrogen) atoms. The molecule has 1 aliphatic rings. The zero-order valence-corrected chi connectivity index (χ0v) is 20.9. The maximum atomic E-state index is 12.1. The van der Waals surface area contributed by atoms with Crippen molar-refractivity contribution in [1.82, 2.24) is 34.4 Å². The summed E-state index contributed by atoms with van der Waals surface area (Å²) >= 11 is 0. The SMILES string of the molecule is CC(C)n1cnc2ccc(CCNC(=O)OCCCCn3cnc4c(N)nc(N5CCC5)nc43)cc21. The first-order valence-electron chi connectivity index (χ1n) is 12.6. The fourth-order valence-corrected chi connectivity index (χ4v) is 4.32. The van der Waals surface area contributed by atoms with Crippen LogP contribution >= 0.6 is 0 Å². The summed E-state index contributed by atoms with van der Waals surface area (Å²) in [7, 11) is 0. The number of hydrogen-bond acceptors (Lipinski definition) is 8. The van der Waals surface area contributed by atoms with E-state index < -0.39 is 6.09 Å². The molecule has 5 rings (SSSR count). The largest absolute Gasteiger partial charge is 0.450 e. The van der Waals surface area contributed by atoms with E-state index in [1.165, 1.54) is 0 Å². The molecule has 0 unspecified atom stereocenters. The van der Waals surface area contributed by atoms with Crippen molar-refractivity contribution in [3.05, 3.63) is 36.4 Å². The number of nitrogens with zero attached hydrogens (tertiary/aromatic N) is 7. The van der Waals surface area contributed by atoms with Crippen molar-refractivity contribution in [2.24, 2.45) is 0 Å². The van der Waals surface area contributed by atoms with E-state index in [9.17, 15) is 4.79 Å². The molecule has 1 aliphatic heterocycles. The van der Waals surface area contributed by atoms with Gasteiger partial charge < -0.3 is 29.8 Å². The zero-order chi connectivity index (χ0) is 25.1. The van der Waals surface area contributed by atoms with Crippen LogP contribution < -0.4 is 16.0 Å². The second-order valence-corrected chi connectivity index (χ2v) is 9.45. The van der Waals surface area contributed by atoms with Gasteiger partial charge in [-0.1, -0.05) is 6.07 Å². The van der Waals surface area contributed by atoms with Crippen molar-refractivity contribution in [3.63, 3.8) is 0 Å². The minimum absolute atomic E-state index is 0.347. The fraction of sp³-hybridized carbons (Fsp3) is 0.480. The van der Waals surface area contributed by atoms with Gasteiger partial charge in [-0.05, 0) is 57.2 Å². The van der Waals surface area contributed by atoms with Gasteiger partial charge >= 0.3 is 6.09 Å². The molecule has 4 aromatic rings. The summed E-state index contributed by atoms with van der Waals surface area (Å²) in [6.45, 7) is 7.77. The number of imidazole rings is 2. The third-order valence-electron chi connectivity index (χ3n) is 6.52.